The minimum atomic E-state index is -3.54. The molecule has 0 aromatic heterocycles. The number of hydrogen-bond donors (Lipinski definition) is 2. The number of carbonyl (C=O) groups is 1. The minimum Gasteiger partial charge on any atom is -0.353 e. The van der Waals surface area contributed by atoms with Crippen LogP contribution in [0.1, 0.15) is 12.0 Å². The summed E-state index contributed by atoms with van der Waals surface area (Å²) in [7, 11) is -3.54. The van der Waals surface area contributed by atoms with Crippen molar-refractivity contribution in [2.75, 3.05) is 13.1 Å². The molecule has 0 unspecified atom stereocenters. The lowest BCUT2D eigenvalue weighted by molar-refractivity contribution is -0.120. The van der Waals surface area contributed by atoms with Gasteiger partial charge in [0, 0.05) is 19.5 Å². The van der Waals surface area contributed by atoms with E-state index in [1.54, 1.807) is 18.2 Å². The van der Waals surface area contributed by atoms with E-state index in [-0.39, 0.29) is 23.8 Å². The summed E-state index contributed by atoms with van der Waals surface area (Å²) in [6.45, 7) is 5.80. The van der Waals surface area contributed by atoms with Crippen LogP contribution in [0.25, 0.3) is 0 Å². The number of carbonyl (C=O) groups excluding carboxylic acids is 1. The zero-order valence-electron chi connectivity index (χ0n) is 10.8. The Morgan fingerprint density at radius 3 is 2.53 bits per heavy atom. The summed E-state index contributed by atoms with van der Waals surface area (Å²) < 4.78 is 26.1. The maximum Gasteiger partial charge on any atom is 0.240 e. The van der Waals surface area contributed by atoms with E-state index in [0.29, 0.717) is 6.54 Å². The van der Waals surface area contributed by atoms with Gasteiger partial charge in [-0.1, -0.05) is 23.8 Å². The van der Waals surface area contributed by atoms with Crippen molar-refractivity contribution in [2.24, 2.45) is 0 Å². The van der Waals surface area contributed by atoms with Crippen LogP contribution in [0.15, 0.2) is 41.8 Å². The van der Waals surface area contributed by atoms with Crippen LogP contribution in [0, 0.1) is 6.92 Å². The zero-order chi connectivity index (χ0) is 14.3. The van der Waals surface area contributed by atoms with Crippen molar-refractivity contribution in [3.63, 3.8) is 0 Å². The molecule has 0 aliphatic carbocycles. The van der Waals surface area contributed by atoms with E-state index in [1.165, 1.54) is 12.1 Å². The smallest absolute Gasteiger partial charge is 0.240 e. The van der Waals surface area contributed by atoms with Crippen molar-refractivity contribution in [3.8, 4) is 0 Å². The van der Waals surface area contributed by atoms with Gasteiger partial charge < -0.3 is 5.32 Å². The monoisotopic (exact) mass is 282 g/mol. The summed E-state index contributed by atoms with van der Waals surface area (Å²) in [5, 5.41) is 2.57. The van der Waals surface area contributed by atoms with Crippen molar-refractivity contribution < 1.29 is 13.2 Å². The van der Waals surface area contributed by atoms with Gasteiger partial charge in [0.15, 0.2) is 0 Å². The largest absolute Gasteiger partial charge is 0.353 e. The number of hydrogen-bond acceptors (Lipinski definition) is 3. The van der Waals surface area contributed by atoms with Crippen LogP contribution in [-0.4, -0.2) is 27.4 Å². The Hall–Kier alpha value is -1.66. The average Bonchev–Trinajstić information content (AvgIpc) is 2.36. The third kappa shape index (κ3) is 5.23. The predicted octanol–water partition coefficient (Wildman–Crippen LogP) is 0.966. The molecule has 1 rings (SSSR count). The first-order valence-electron chi connectivity index (χ1n) is 5.89. The summed E-state index contributed by atoms with van der Waals surface area (Å²) in [4.78, 5) is 11.5. The second kappa shape index (κ2) is 7.06. The second-order valence-corrected chi connectivity index (χ2v) is 5.82. The summed E-state index contributed by atoms with van der Waals surface area (Å²) in [6.07, 6.45) is 1.66. The Morgan fingerprint density at radius 2 is 1.95 bits per heavy atom. The first-order chi connectivity index (χ1) is 8.95. The molecule has 2 N–H and O–H groups in total. The molecule has 1 aromatic rings. The van der Waals surface area contributed by atoms with Gasteiger partial charge in [-0.15, -0.1) is 6.58 Å². The van der Waals surface area contributed by atoms with E-state index in [0.717, 1.165) is 5.56 Å². The molecule has 0 bridgehead atoms. The van der Waals surface area contributed by atoms with Gasteiger partial charge in [-0.2, -0.15) is 0 Å². The third-order valence-corrected chi connectivity index (χ3v) is 3.90. The lowest BCUT2D eigenvalue weighted by Gasteiger charge is -2.07. The van der Waals surface area contributed by atoms with Gasteiger partial charge in [-0.05, 0) is 19.1 Å². The summed E-state index contributed by atoms with van der Waals surface area (Å²) in [6, 6.07) is 6.53. The van der Waals surface area contributed by atoms with Crippen molar-refractivity contribution in [1.82, 2.24) is 10.0 Å². The highest BCUT2D eigenvalue weighted by Crippen LogP contribution is 2.09. The third-order valence-electron chi connectivity index (χ3n) is 2.42. The van der Waals surface area contributed by atoms with Gasteiger partial charge in [0.05, 0.1) is 4.90 Å². The standard InChI is InChI=1S/C13H18N2O3S/c1-3-9-14-13(16)8-10-15-19(17,18)12-6-4-11(2)5-7-12/h3-7,15H,1,8-10H2,2H3,(H,14,16). The molecule has 0 atom stereocenters. The predicted molar refractivity (Wildman–Crippen MR) is 74.2 cm³/mol. The number of benzene rings is 1. The second-order valence-electron chi connectivity index (χ2n) is 4.05. The highest BCUT2D eigenvalue weighted by Gasteiger charge is 2.13. The van der Waals surface area contributed by atoms with E-state index >= 15 is 0 Å². The number of aryl methyl sites for hydroxylation is 1. The van der Waals surface area contributed by atoms with Crippen LogP contribution in [-0.2, 0) is 14.8 Å². The van der Waals surface area contributed by atoms with Gasteiger partial charge in [-0.25, -0.2) is 13.1 Å². The molecule has 0 spiro atoms. The maximum atomic E-state index is 11.9. The fraction of sp³-hybridized carbons (Fsp3) is 0.308. The first-order valence-corrected chi connectivity index (χ1v) is 7.38. The lowest BCUT2D eigenvalue weighted by atomic mass is 10.2. The molecule has 1 aromatic carbocycles. The fourth-order valence-electron chi connectivity index (χ4n) is 1.37. The molecule has 0 heterocycles. The molecule has 0 fully saturated rings. The molecule has 104 valence electrons. The molecule has 5 nitrogen and oxygen atoms in total. The molecule has 0 aliphatic heterocycles. The number of sulfonamides is 1. The van der Waals surface area contributed by atoms with Gasteiger partial charge in [0.25, 0.3) is 0 Å². The molecule has 0 saturated heterocycles. The molecule has 0 aliphatic rings. The molecule has 6 heteroatoms. The van der Waals surface area contributed by atoms with Crippen LogP contribution in [0.3, 0.4) is 0 Å². The fourth-order valence-corrected chi connectivity index (χ4v) is 2.41. The average molecular weight is 282 g/mol. The molecule has 1 amide bonds. The highest BCUT2D eigenvalue weighted by atomic mass is 32.2. The SMILES string of the molecule is C=CCNC(=O)CCNS(=O)(=O)c1ccc(C)cc1. The van der Waals surface area contributed by atoms with E-state index in [4.69, 9.17) is 0 Å². The number of rotatable bonds is 7. The van der Waals surface area contributed by atoms with E-state index < -0.39 is 10.0 Å². The van der Waals surface area contributed by atoms with Crippen molar-refractivity contribution in [3.05, 3.63) is 42.5 Å². The lowest BCUT2D eigenvalue weighted by Crippen LogP contribution is -2.30. The summed E-state index contributed by atoms with van der Waals surface area (Å²) in [5.74, 6) is -0.216. The first kappa shape index (κ1) is 15.4. The molecular weight excluding hydrogens is 264 g/mol. The van der Waals surface area contributed by atoms with E-state index in [1.807, 2.05) is 6.92 Å². The summed E-state index contributed by atoms with van der Waals surface area (Å²) >= 11 is 0. The Bertz CT molecular complexity index is 536. The normalized spacial score (nSPS) is 11.0. The Kier molecular flexibility index (Phi) is 5.72. The molecule has 0 saturated carbocycles. The quantitative estimate of drug-likeness (QED) is 0.732. The van der Waals surface area contributed by atoms with Crippen molar-refractivity contribution >= 4 is 15.9 Å². The minimum absolute atomic E-state index is 0.0686. The van der Waals surface area contributed by atoms with Gasteiger partial charge in [-0.3, -0.25) is 4.79 Å². The van der Waals surface area contributed by atoms with Gasteiger partial charge >= 0.3 is 0 Å². The Balaban J connectivity index is 2.50. The van der Waals surface area contributed by atoms with Crippen LogP contribution in [0.2, 0.25) is 0 Å². The van der Waals surface area contributed by atoms with Crippen LogP contribution in [0.4, 0.5) is 0 Å². The Labute approximate surface area is 113 Å². The number of amides is 1. The maximum absolute atomic E-state index is 11.9. The van der Waals surface area contributed by atoms with Crippen LogP contribution >= 0.6 is 0 Å². The zero-order valence-corrected chi connectivity index (χ0v) is 11.7. The van der Waals surface area contributed by atoms with E-state index in [2.05, 4.69) is 16.6 Å². The molecular formula is C13H18N2O3S. The van der Waals surface area contributed by atoms with Crippen LogP contribution in [0.5, 0.6) is 0 Å². The topological polar surface area (TPSA) is 75.3 Å². The van der Waals surface area contributed by atoms with Crippen molar-refractivity contribution in [1.29, 1.82) is 0 Å². The summed E-state index contributed by atoms with van der Waals surface area (Å²) in [5.41, 5.74) is 0.989. The van der Waals surface area contributed by atoms with Gasteiger partial charge in [0.1, 0.15) is 0 Å². The van der Waals surface area contributed by atoms with Crippen LogP contribution < -0.4 is 10.0 Å². The molecule has 0 radical (unpaired) electrons. The highest BCUT2D eigenvalue weighted by molar-refractivity contribution is 7.89. The van der Waals surface area contributed by atoms with E-state index in [9.17, 15) is 13.2 Å². The molecule has 19 heavy (non-hydrogen) atoms. The number of nitrogens with one attached hydrogen (secondary N) is 2. The van der Waals surface area contributed by atoms with Crippen molar-refractivity contribution in [2.45, 2.75) is 18.2 Å². The Morgan fingerprint density at radius 1 is 1.32 bits per heavy atom. The van der Waals surface area contributed by atoms with Gasteiger partial charge in [0.2, 0.25) is 15.9 Å².